The Morgan fingerprint density at radius 3 is 1.50 bits per heavy atom. The molecular formula is C19H20O. The Hall–Kier alpha value is -1.89. The molecule has 1 saturated carbocycles. The minimum Gasteiger partial charge on any atom is -0.300 e. The second-order valence-corrected chi connectivity index (χ2v) is 5.85. The third-order valence-corrected chi connectivity index (χ3v) is 4.33. The molecule has 0 heterocycles. The average Bonchev–Trinajstić information content (AvgIpc) is 2.81. The van der Waals surface area contributed by atoms with Crippen LogP contribution in [0.25, 0.3) is 0 Å². The summed E-state index contributed by atoms with van der Waals surface area (Å²) in [6.07, 6.45) is 3.58. The number of carbonyl (C=O) groups is 1. The zero-order valence-electron chi connectivity index (χ0n) is 11.7. The van der Waals surface area contributed by atoms with Crippen molar-refractivity contribution in [2.24, 2.45) is 11.8 Å². The highest BCUT2D eigenvalue weighted by molar-refractivity contribution is 5.81. The van der Waals surface area contributed by atoms with E-state index in [1.54, 1.807) is 0 Å². The molecule has 0 aromatic heterocycles. The molecular weight excluding hydrogens is 244 g/mol. The molecule has 3 rings (SSSR count). The molecule has 20 heavy (non-hydrogen) atoms. The topological polar surface area (TPSA) is 17.1 Å². The molecule has 102 valence electrons. The van der Waals surface area contributed by atoms with Gasteiger partial charge in [0.1, 0.15) is 5.78 Å². The van der Waals surface area contributed by atoms with Gasteiger partial charge in [0.15, 0.2) is 0 Å². The quantitative estimate of drug-likeness (QED) is 0.813. The lowest BCUT2D eigenvalue weighted by molar-refractivity contribution is -0.117. The highest BCUT2D eigenvalue weighted by Gasteiger charge is 2.32. The van der Waals surface area contributed by atoms with E-state index in [-0.39, 0.29) is 0 Å². The summed E-state index contributed by atoms with van der Waals surface area (Å²) in [7, 11) is 0. The fourth-order valence-corrected chi connectivity index (χ4v) is 3.31. The largest absolute Gasteiger partial charge is 0.300 e. The van der Waals surface area contributed by atoms with Crippen molar-refractivity contribution >= 4 is 5.78 Å². The number of benzene rings is 2. The SMILES string of the molecule is O=C1CC(Cc2ccccc2)C(Cc2ccccc2)C1. The lowest BCUT2D eigenvalue weighted by Crippen LogP contribution is -2.13. The first-order chi connectivity index (χ1) is 9.81. The summed E-state index contributed by atoms with van der Waals surface area (Å²) in [4.78, 5) is 11.8. The van der Waals surface area contributed by atoms with Gasteiger partial charge in [-0.15, -0.1) is 0 Å². The maximum Gasteiger partial charge on any atom is 0.133 e. The highest BCUT2D eigenvalue weighted by Crippen LogP contribution is 2.34. The summed E-state index contributed by atoms with van der Waals surface area (Å²) in [5.74, 6) is 1.45. The van der Waals surface area contributed by atoms with E-state index in [2.05, 4.69) is 48.5 Å². The van der Waals surface area contributed by atoms with Crippen molar-refractivity contribution < 1.29 is 4.79 Å². The van der Waals surface area contributed by atoms with Crippen LogP contribution >= 0.6 is 0 Å². The first kappa shape index (κ1) is 13.1. The summed E-state index contributed by atoms with van der Waals surface area (Å²) in [5, 5.41) is 0. The van der Waals surface area contributed by atoms with Gasteiger partial charge < -0.3 is 0 Å². The minimum absolute atomic E-state index is 0.437. The van der Waals surface area contributed by atoms with Crippen LogP contribution in [0.1, 0.15) is 24.0 Å². The van der Waals surface area contributed by atoms with Gasteiger partial charge in [-0.2, -0.15) is 0 Å². The second kappa shape index (κ2) is 6.04. The number of hydrogen-bond acceptors (Lipinski definition) is 1. The van der Waals surface area contributed by atoms with Gasteiger partial charge in [0, 0.05) is 12.8 Å². The molecule has 0 spiro atoms. The summed E-state index contributed by atoms with van der Waals surface area (Å²) < 4.78 is 0. The molecule has 1 fully saturated rings. The molecule has 2 atom stereocenters. The maximum atomic E-state index is 11.8. The van der Waals surface area contributed by atoms with E-state index in [1.165, 1.54) is 11.1 Å². The summed E-state index contributed by atoms with van der Waals surface area (Å²) in [6.45, 7) is 0. The molecule has 0 bridgehead atoms. The van der Waals surface area contributed by atoms with Crippen LogP contribution in [-0.2, 0) is 17.6 Å². The van der Waals surface area contributed by atoms with Crippen molar-refractivity contribution in [3.8, 4) is 0 Å². The molecule has 0 amide bonds. The predicted molar refractivity (Wildman–Crippen MR) is 81.5 cm³/mol. The van der Waals surface area contributed by atoms with Gasteiger partial charge in [0.25, 0.3) is 0 Å². The Balaban J connectivity index is 1.70. The van der Waals surface area contributed by atoms with Crippen LogP contribution in [0.3, 0.4) is 0 Å². The van der Waals surface area contributed by atoms with E-state index >= 15 is 0 Å². The van der Waals surface area contributed by atoms with Gasteiger partial charge in [-0.1, -0.05) is 60.7 Å². The zero-order chi connectivity index (χ0) is 13.8. The number of carbonyl (C=O) groups excluding carboxylic acids is 1. The molecule has 1 aliphatic carbocycles. The van der Waals surface area contributed by atoms with Crippen LogP contribution in [0, 0.1) is 11.8 Å². The first-order valence-electron chi connectivity index (χ1n) is 7.41. The molecule has 0 saturated heterocycles. The Kier molecular flexibility index (Phi) is 3.96. The van der Waals surface area contributed by atoms with Gasteiger partial charge in [0.2, 0.25) is 0 Å². The third kappa shape index (κ3) is 3.16. The first-order valence-corrected chi connectivity index (χ1v) is 7.41. The minimum atomic E-state index is 0.437. The van der Waals surface area contributed by atoms with Gasteiger partial charge in [-0.05, 0) is 35.8 Å². The fraction of sp³-hybridized carbons (Fsp3) is 0.316. The standard InChI is InChI=1S/C19H20O/c20-19-13-17(11-15-7-3-1-4-8-15)18(14-19)12-16-9-5-2-6-10-16/h1-10,17-18H,11-14H2. The van der Waals surface area contributed by atoms with Crippen molar-refractivity contribution in [3.63, 3.8) is 0 Å². The normalized spacial score (nSPS) is 22.1. The van der Waals surface area contributed by atoms with Crippen LogP contribution in [0.4, 0.5) is 0 Å². The van der Waals surface area contributed by atoms with Gasteiger partial charge in [0.05, 0.1) is 0 Å². The van der Waals surface area contributed by atoms with Crippen LogP contribution < -0.4 is 0 Å². The van der Waals surface area contributed by atoms with Crippen LogP contribution in [-0.4, -0.2) is 5.78 Å². The van der Waals surface area contributed by atoms with Gasteiger partial charge in [-0.25, -0.2) is 0 Å². The zero-order valence-corrected chi connectivity index (χ0v) is 11.7. The van der Waals surface area contributed by atoms with E-state index in [0.29, 0.717) is 17.6 Å². The summed E-state index contributed by atoms with van der Waals surface area (Å²) in [5.41, 5.74) is 2.70. The average molecular weight is 264 g/mol. The van der Waals surface area contributed by atoms with Crippen LogP contribution in [0.2, 0.25) is 0 Å². The summed E-state index contributed by atoms with van der Waals surface area (Å²) in [6, 6.07) is 21.1. The van der Waals surface area contributed by atoms with Crippen LogP contribution in [0.15, 0.2) is 60.7 Å². The second-order valence-electron chi connectivity index (χ2n) is 5.85. The molecule has 2 aromatic rings. The molecule has 1 heteroatoms. The molecule has 0 N–H and O–H groups in total. The number of rotatable bonds is 4. The Morgan fingerprint density at radius 1 is 0.700 bits per heavy atom. The summed E-state index contributed by atoms with van der Waals surface area (Å²) >= 11 is 0. The predicted octanol–water partition coefficient (Wildman–Crippen LogP) is 4.07. The van der Waals surface area contributed by atoms with Crippen molar-refractivity contribution in [3.05, 3.63) is 71.8 Å². The third-order valence-electron chi connectivity index (χ3n) is 4.33. The van der Waals surface area contributed by atoms with Crippen molar-refractivity contribution in [2.45, 2.75) is 25.7 Å². The smallest absolute Gasteiger partial charge is 0.133 e. The van der Waals surface area contributed by atoms with E-state index in [0.717, 1.165) is 25.7 Å². The monoisotopic (exact) mass is 264 g/mol. The lowest BCUT2D eigenvalue weighted by atomic mass is 9.85. The molecule has 0 aliphatic heterocycles. The molecule has 2 unspecified atom stereocenters. The number of hydrogen-bond donors (Lipinski definition) is 0. The van der Waals surface area contributed by atoms with Crippen molar-refractivity contribution in [1.82, 2.24) is 0 Å². The molecule has 1 nitrogen and oxygen atoms in total. The van der Waals surface area contributed by atoms with Crippen molar-refractivity contribution in [2.75, 3.05) is 0 Å². The van der Waals surface area contributed by atoms with E-state index in [9.17, 15) is 4.79 Å². The van der Waals surface area contributed by atoms with Crippen molar-refractivity contribution in [1.29, 1.82) is 0 Å². The fourth-order valence-electron chi connectivity index (χ4n) is 3.31. The number of Topliss-reactive ketones (excluding diaryl/α,β-unsaturated/α-hetero) is 1. The Labute approximate surface area is 120 Å². The molecule has 2 aromatic carbocycles. The molecule has 1 aliphatic rings. The van der Waals surface area contributed by atoms with E-state index < -0.39 is 0 Å². The van der Waals surface area contributed by atoms with Gasteiger partial charge in [-0.3, -0.25) is 4.79 Å². The van der Waals surface area contributed by atoms with Gasteiger partial charge >= 0.3 is 0 Å². The Morgan fingerprint density at radius 2 is 1.10 bits per heavy atom. The van der Waals surface area contributed by atoms with Crippen LogP contribution in [0.5, 0.6) is 0 Å². The number of ketones is 1. The van der Waals surface area contributed by atoms with E-state index in [4.69, 9.17) is 0 Å². The highest BCUT2D eigenvalue weighted by atomic mass is 16.1. The maximum absolute atomic E-state index is 11.8. The lowest BCUT2D eigenvalue weighted by Gasteiger charge is -2.19. The van der Waals surface area contributed by atoms with E-state index in [1.807, 2.05) is 12.1 Å². The molecule has 0 radical (unpaired) electrons. The Bertz CT molecular complexity index is 507.